The number of nitrogens with zero attached hydrogens (tertiary/aromatic N) is 4. The van der Waals surface area contributed by atoms with Crippen molar-refractivity contribution >= 4 is 59.8 Å². The van der Waals surface area contributed by atoms with Crippen molar-refractivity contribution in [3.05, 3.63) is 69.5 Å². The number of nitrogens with one attached hydrogen (secondary N) is 2. The number of halogens is 4. The Morgan fingerprint density at radius 3 is 2.64 bits per heavy atom. The molecule has 6 N–H and O–H groups in total. The van der Waals surface area contributed by atoms with E-state index in [1.807, 2.05) is 30.3 Å². The fraction of sp³-hybridized carbons (Fsp3) is 0.345. The zero-order chi connectivity index (χ0) is 30.4. The molecule has 1 saturated carbocycles. The Balaban J connectivity index is 1.61. The predicted molar refractivity (Wildman–Crippen MR) is 164 cm³/mol. The molecular formula is C29H30BrF3N8S. The maximum atomic E-state index is 13.8. The molecule has 220 valence electrons. The van der Waals surface area contributed by atoms with Gasteiger partial charge in [0.25, 0.3) is 0 Å². The monoisotopic (exact) mass is 658 g/mol. The number of pyridine rings is 1. The second-order valence-corrected chi connectivity index (χ2v) is 13.3. The molecule has 1 atom stereocenters. The van der Waals surface area contributed by atoms with Crippen molar-refractivity contribution in [3.8, 4) is 6.07 Å². The van der Waals surface area contributed by atoms with Gasteiger partial charge in [-0.3, -0.25) is 4.98 Å². The molecule has 2 aromatic heterocycles. The maximum absolute atomic E-state index is 13.8. The smallest absolute Gasteiger partial charge is 0.399 e. The van der Waals surface area contributed by atoms with Gasteiger partial charge in [0.1, 0.15) is 6.07 Å². The van der Waals surface area contributed by atoms with Gasteiger partial charge in [-0.15, -0.1) is 11.3 Å². The summed E-state index contributed by atoms with van der Waals surface area (Å²) in [5.74, 6) is 5.99. The van der Waals surface area contributed by atoms with Crippen LogP contribution in [0.1, 0.15) is 50.8 Å². The number of anilines is 2. The molecule has 0 radical (unpaired) electrons. The Hall–Kier alpha value is -3.60. The van der Waals surface area contributed by atoms with Crippen molar-refractivity contribution in [2.75, 3.05) is 17.2 Å². The number of thiazole rings is 1. The van der Waals surface area contributed by atoms with E-state index in [4.69, 9.17) is 11.6 Å². The van der Waals surface area contributed by atoms with E-state index in [0.29, 0.717) is 43.9 Å². The van der Waals surface area contributed by atoms with Crippen LogP contribution in [0.15, 0.2) is 58.4 Å². The molecule has 2 heterocycles. The number of aromatic nitrogens is 2. The van der Waals surface area contributed by atoms with Crippen molar-refractivity contribution < 1.29 is 13.2 Å². The van der Waals surface area contributed by atoms with E-state index in [1.54, 1.807) is 5.51 Å². The quantitative estimate of drug-likeness (QED) is 0.116. The third kappa shape index (κ3) is 5.71. The number of hydrogen-bond donors (Lipinski definition) is 4. The van der Waals surface area contributed by atoms with Crippen LogP contribution in [0.5, 0.6) is 0 Å². The molecule has 1 aliphatic carbocycles. The molecule has 42 heavy (non-hydrogen) atoms. The highest BCUT2D eigenvalue weighted by Crippen LogP contribution is 2.52. The molecule has 1 unspecified atom stereocenters. The first-order valence-electron chi connectivity index (χ1n) is 13.2. The van der Waals surface area contributed by atoms with Crippen LogP contribution in [0.2, 0.25) is 0 Å². The van der Waals surface area contributed by atoms with Gasteiger partial charge in [0.2, 0.25) is 0 Å². The molecule has 4 aromatic rings. The van der Waals surface area contributed by atoms with E-state index >= 15 is 0 Å². The largest absolute Gasteiger partial charge is 0.413 e. The fourth-order valence-electron chi connectivity index (χ4n) is 4.78. The average molecular weight is 660 g/mol. The van der Waals surface area contributed by atoms with Gasteiger partial charge in [-0.1, -0.05) is 32.9 Å². The second-order valence-electron chi connectivity index (χ2n) is 11.6. The van der Waals surface area contributed by atoms with Crippen LogP contribution >= 0.6 is 27.3 Å². The highest BCUT2D eigenvalue weighted by molar-refractivity contribution is 9.10. The summed E-state index contributed by atoms with van der Waals surface area (Å²) in [6.07, 6.45) is -2.00. The Bertz CT molecular complexity index is 1720. The molecule has 2 aromatic carbocycles. The van der Waals surface area contributed by atoms with Gasteiger partial charge in [0, 0.05) is 34.5 Å². The molecular weight excluding hydrogens is 629 g/mol. The molecule has 8 nitrogen and oxygen atoms in total. The van der Waals surface area contributed by atoms with Gasteiger partial charge in [-0.2, -0.15) is 18.4 Å². The van der Waals surface area contributed by atoms with E-state index in [9.17, 15) is 18.4 Å². The topological polar surface area (TPSA) is 129 Å². The highest BCUT2D eigenvalue weighted by Gasteiger charge is 2.66. The van der Waals surface area contributed by atoms with Gasteiger partial charge in [-0.05, 0) is 57.9 Å². The molecule has 0 aliphatic heterocycles. The first-order valence-corrected chi connectivity index (χ1v) is 14.8. The number of rotatable bonds is 8. The summed E-state index contributed by atoms with van der Waals surface area (Å²) in [7, 11) is 0. The third-order valence-corrected chi connectivity index (χ3v) is 8.71. The fourth-order valence-corrected chi connectivity index (χ4v) is 6.18. The first-order chi connectivity index (χ1) is 19.7. The summed E-state index contributed by atoms with van der Waals surface area (Å²) in [6.45, 7) is 6.87. The second kappa shape index (κ2) is 10.9. The lowest BCUT2D eigenvalue weighted by molar-refractivity contribution is -0.189. The van der Waals surface area contributed by atoms with Gasteiger partial charge in [0.05, 0.1) is 44.2 Å². The van der Waals surface area contributed by atoms with Crippen LogP contribution in [-0.2, 0) is 0 Å². The number of alkyl halides is 3. The van der Waals surface area contributed by atoms with Gasteiger partial charge >= 0.3 is 6.18 Å². The van der Waals surface area contributed by atoms with Gasteiger partial charge in [0.15, 0.2) is 5.54 Å². The van der Waals surface area contributed by atoms with Crippen LogP contribution in [0.3, 0.4) is 0 Å². The van der Waals surface area contributed by atoms with Crippen molar-refractivity contribution in [1.82, 2.24) is 15.0 Å². The van der Waals surface area contributed by atoms with Gasteiger partial charge < -0.3 is 21.4 Å². The van der Waals surface area contributed by atoms with E-state index in [-0.39, 0.29) is 24.0 Å². The van der Waals surface area contributed by atoms with Crippen LogP contribution in [0.25, 0.3) is 21.1 Å². The minimum atomic E-state index is -4.50. The Kier molecular flexibility index (Phi) is 7.76. The molecule has 5 rings (SSSR count). The summed E-state index contributed by atoms with van der Waals surface area (Å²) in [6, 6.07) is 10.7. The van der Waals surface area contributed by atoms with Crippen LogP contribution < -0.4 is 22.2 Å². The summed E-state index contributed by atoms with van der Waals surface area (Å²) < 4.78 is 42.9. The van der Waals surface area contributed by atoms with Crippen LogP contribution in [0, 0.1) is 16.7 Å². The average Bonchev–Trinajstić information content (AvgIpc) is 3.61. The predicted octanol–water partition coefficient (Wildman–Crippen LogP) is 7.16. The maximum Gasteiger partial charge on any atom is 0.413 e. The first kappa shape index (κ1) is 29.9. The summed E-state index contributed by atoms with van der Waals surface area (Å²) >= 11 is 5.02. The SMILES string of the molecule is CC(C)(C)CNc1c(C#N)cnc2c(Br)cc(NC(/C(N)=C/N(N)C3(C(F)(F)F)CC3)c3cccc4ncsc34)cc12. The zero-order valence-corrected chi connectivity index (χ0v) is 25.6. The van der Waals surface area contributed by atoms with E-state index in [1.165, 1.54) is 23.7 Å². The Labute approximate surface area is 253 Å². The Morgan fingerprint density at radius 1 is 1.26 bits per heavy atom. The number of nitrogens with two attached hydrogens (primary N) is 2. The normalized spacial score (nSPS) is 15.8. The summed E-state index contributed by atoms with van der Waals surface area (Å²) in [5.41, 5.74) is 9.94. The van der Waals surface area contributed by atoms with E-state index in [0.717, 1.165) is 15.8 Å². The van der Waals surface area contributed by atoms with Crippen LogP contribution in [0.4, 0.5) is 24.5 Å². The summed E-state index contributed by atoms with van der Waals surface area (Å²) in [5, 5.41) is 18.0. The van der Waals surface area contributed by atoms with Crippen molar-refractivity contribution in [1.29, 1.82) is 5.26 Å². The number of hydrogen-bond acceptors (Lipinski definition) is 9. The Morgan fingerprint density at radius 2 is 2.00 bits per heavy atom. The molecule has 1 fully saturated rings. The van der Waals surface area contributed by atoms with Crippen molar-refractivity contribution in [2.24, 2.45) is 17.0 Å². The highest BCUT2D eigenvalue weighted by atomic mass is 79.9. The molecule has 1 aliphatic rings. The van der Waals surface area contributed by atoms with Crippen molar-refractivity contribution in [3.63, 3.8) is 0 Å². The van der Waals surface area contributed by atoms with E-state index < -0.39 is 17.8 Å². The number of nitriles is 1. The summed E-state index contributed by atoms with van der Waals surface area (Å²) in [4.78, 5) is 8.88. The number of benzene rings is 2. The third-order valence-electron chi connectivity index (χ3n) is 7.22. The van der Waals surface area contributed by atoms with Crippen molar-refractivity contribution in [2.45, 2.75) is 51.4 Å². The standard InChI is InChI=1S/C29H30BrF3N8S/c1-27(2,3)14-38-23-16(11-34)12-37-24-19(23)9-17(10-20(24)30)40-25(18-5-4-6-22-26(18)42-15-39-22)21(35)13-41(36)28(7-8-28)29(31,32)33/h4-6,9-10,12-13,15,25,40H,7-8,14,35-36H2,1-3H3,(H,37,38)/b21-13-. The lowest BCUT2D eigenvalue weighted by Crippen LogP contribution is -2.49. The van der Waals surface area contributed by atoms with E-state index in [2.05, 4.69) is 63.4 Å². The minimum absolute atomic E-state index is 0.0589. The number of hydrazine groups is 1. The lowest BCUT2D eigenvalue weighted by Gasteiger charge is -2.30. The molecule has 0 amide bonds. The molecule has 0 spiro atoms. The number of fused-ring (bicyclic) bond motifs is 2. The zero-order valence-electron chi connectivity index (χ0n) is 23.2. The molecule has 13 heteroatoms. The minimum Gasteiger partial charge on any atom is -0.399 e. The lowest BCUT2D eigenvalue weighted by atomic mass is 9.96. The van der Waals surface area contributed by atoms with Crippen LogP contribution in [-0.4, -0.2) is 33.2 Å². The molecule has 0 saturated heterocycles. The van der Waals surface area contributed by atoms with Gasteiger partial charge in [-0.25, -0.2) is 10.8 Å². The molecule has 0 bridgehead atoms.